The molecule has 9 nitrogen and oxygen atoms in total. The number of ether oxygens (including phenoxy) is 1. The smallest absolute Gasteiger partial charge is 0.299 e. The first-order valence-electron chi connectivity index (χ1n) is 11.7. The minimum Gasteiger partial charge on any atom is -0.381 e. The van der Waals surface area contributed by atoms with Crippen LogP contribution in [0.5, 0.6) is 0 Å². The lowest BCUT2D eigenvalue weighted by molar-refractivity contribution is 0.0220. The van der Waals surface area contributed by atoms with Crippen LogP contribution in [-0.4, -0.2) is 75.2 Å². The summed E-state index contributed by atoms with van der Waals surface area (Å²) in [5, 5.41) is 3.32. The molecule has 3 aromatic rings. The van der Waals surface area contributed by atoms with Crippen LogP contribution in [0.25, 0.3) is 5.65 Å². The van der Waals surface area contributed by atoms with Crippen LogP contribution in [0.15, 0.2) is 55.0 Å². The summed E-state index contributed by atoms with van der Waals surface area (Å²) in [5.41, 5.74) is 2.19. The van der Waals surface area contributed by atoms with Crippen LogP contribution >= 0.6 is 7.52 Å². The van der Waals surface area contributed by atoms with Crippen molar-refractivity contribution in [3.05, 3.63) is 66.1 Å². The Kier molecular flexibility index (Phi) is 6.81. The van der Waals surface area contributed by atoms with Gasteiger partial charge in [0.05, 0.1) is 10.9 Å². The molecule has 2 N–H and O–H groups in total. The Morgan fingerprint density at radius 1 is 1.09 bits per heavy atom. The molecule has 1 amide bonds. The van der Waals surface area contributed by atoms with Gasteiger partial charge in [0.15, 0.2) is 0 Å². The van der Waals surface area contributed by atoms with E-state index in [0.717, 1.165) is 50.4 Å². The van der Waals surface area contributed by atoms with E-state index >= 15 is 0 Å². The van der Waals surface area contributed by atoms with E-state index in [1.54, 1.807) is 64.1 Å². The third kappa shape index (κ3) is 4.94. The van der Waals surface area contributed by atoms with E-state index in [-0.39, 0.29) is 5.91 Å². The zero-order valence-electron chi connectivity index (χ0n) is 19.0. The summed E-state index contributed by atoms with van der Waals surface area (Å²) < 4.78 is 22.2. The summed E-state index contributed by atoms with van der Waals surface area (Å²) in [6.45, 7) is 4.68. The Morgan fingerprint density at radius 3 is 2.56 bits per heavy atom. The summed E-state index contributed by atoms with van der Waals surface area (Å²) in [6.07, 6.45) is 7.29. The molecule has 1 atom stereocenters. The van der Waals surface area contributed by atoms with Gasteiger partial charge in [0.1, 0.15) is 5.65 Å². The number of rotatable bonds is 6. The molecule has 2 aliphatic rings. The van der Waals surface area contributed by atoms with Gasteiger partial charge in [0, 0.05) is 70.6 Å². The largest absolute Gasteiger partial charge is 0.381 e. The standard InChI is InChI=1S/C24H30N5O4P/c30-24(20-3-6-23-25-9-10-28(23)18-20)26-17-19-1-4-22(5-2-19)34(31,32)29-13-11-27(12-14-29)21-7-15-33-16-8-21/h1-6,9-10,18,21H,7-8,11-17H2,(H,26,30)(H,31,32). The van der Waals surface area contributed by atoms with Crippen molar-refractivity contribution in [3.8, 4) is 0 Å². The topological polar surface area (TPSA) is 99.4 Å². The lowest BCUT2D eigenvalue weighted by Crippen LogP contribution is -2.51. The fourth-order valence-electron chi connectivity index (χ4n) is 4.71. The zero-order valence-corrected chi connectivity index (χ0v) is 19.9. The predicted octanol–water partition coefficient (Wildman–Crippen LogP) is 1.87. The van der Waals surface area contributed by atoms with Crippen LogP contribution in [0.4, 0.5) is 0 Å². The van der Waals surface area contributed by atoms with Crippen LogP contribution in [0, 0.1) is 0 Å². The number of fused-ring (bicyclic) bond motifs is 1. The van der Waals surface area contributed by atoms with Gasteiger partial charge in [-0.05, 0) is 42.7 Å². The number of benzene rings is 1. The number of nitrogens with zero attached hydrogens (tertiary/aromatic N) is 4. The number of amides is 1. The molecule has 34 heavy (non-hydrogen) atoms. The Morgan fingerprint density at radius 2 is 1.82 bits per heavy atom. The van der Waals surface area contributed by atoms with Crippen LogP contribution in [-0.2, 0) is 15.8 Å². The van der Waals surface area contributed by atoms with E-state index in [4.69, 9.17) is 4.74 Å². The van der Waals surface area contributed by atoms with E-state index in [9.17, 15) is 14.3 Å². The molecular weight excluding hydrogens is 453 g/mol. The maximum Gasteiger partial charge on any atom is 0.299 e. The molecule has 0 radical (unpaired) electrons. The highest BCUT2D eigenvalue weighted by molar-refractivity contribution is 7.63. The number of hydrogen-bond donors (Lipinski definition) is 2. The van der Waals surface area contributed by atoms with Crippen molar-refractivity contribution in [1.29, 1.82) is 0 Å². The number of hydrogen-bond acceptors (Lipinski definition) is 5. The number of aromatic nitrogens is 2. The number of nitrogens with one attached hydrogen (secondary N) is 1. The highest BCUT2D eigenvalue weighted by atomic mass is 31.2. The number of piperazine rings is 1. The van der Waals surface area contributed by atoms with Gasteiger partial charge in [-0.2, -0.15) is 0 Å². The molecule has 1 aromatic carbocycles. The van der Waals surface area contributed by atoms with Crippen molar-refractivity contribution >= 4 is 24.4 Å². The number of carbonyl (C=O) groups is 1. The molecule has 0 aliphatic carbocycles. The molecule has 2 saturated heterocycles. The molecule has 2 aromatic heterocycles. The third-order valence-corrected chi connectivity index (χ3v) is 8.90. The molecule has 5 rings (SSSR count). The van der Waals surface area contributed by atoms with Gasteiger partial charge in [-0.25, -0.2) is 9.65 Å². The first-order valence-corrected chi connectivity index (χ1v) is 13.3. The van der Waals surface area contributed by atoms with E-state index in [2.05, 4.69) is 15.2 Å². The summed E-state index contributed by atoms with van der Waals surface area (Å²) in [4.78, 5) is 30.0. The minimum absolute atomic E-state index is 0.185. The van der Waals surface area contributed by atoms with Gasteiger partial charge >= 0.3 is 0 Å². The summed E-state index contributed by atoms with van der Waals surface area (Å²) in [5.74, 6) is -0.185. The Bertz CT molecular complexity index is 1180. The summed E-state index contributed by atoms with van der Waals surface area (Å²) in [7, 11) is -3.62. The van der Waals surface area contributed by atoms with E-state index in [1.165, 1.54) is 0 Å². The fraction of sp³-hybridized carbons (Fsp3) is 0.417. The van der Waals surface area contributed by atoms with Crippen LogP contribution < -0.4 is 10.6 Å². The monoisotopic (exact) mass is 483 g/mol. The predicted molar refractivity (Wildman–Crippen MR) is 129 cm³/mol. The second kappa shape index (κ2) is 9.98. The van der Waals surface area contributed by atoms with Crippen LogP contribution in [0.1, 0.15) is 28.8 Å². The van der Waals surface area contributed by atoms with E-state index < -0.39 is 7.52 Å². The Balaban J connectivity index is 1.16. The molecule has 0 saturated carbocycles. The molecule has 0 bridgehead atoms. The molecule has 2 aliphatic heterocycles. The molecule has 4 heterocycles. The van der Waals surface area contributed by atoms with Crippen molar-refractivity contribution < 1.29 is 19.0 Å². The normalized spacial score (nSPS) is 20.3. The molecular formula is C24H30N5O4P. The average Bonchev–Trinajstić information content (AvgIpc) is 3.36. The van der Waals surface area contributed by atoms with Crippen LogP contribution in [0.3, 0.4) is 0 Å². The second-order valence-electron chi connectivity index (χ2n) is 8.84. The molecule has 0 spiro atoms. The van der Waals surface area contributed by atoms with Crippen molar-refractivity contribution in [1.82, 2.24) is 24.3 Å². The van der Waals surface area contributed by atoms with Crippen molar-refractivity contribution in [2.24, 2.45) is 0 Å². The van der Waals surface area contributed by atoms with Gasteiger partial charge in [0.2, 0.25) is 0 Å². The SMILES string of the molecule is O=C(NCc1ccc(P(=O)(O)N2CCN(C3CCOCC3)CC2)cc1)c1ccc2nccn2c1. The van der Waals surface area contributed by atoms with Crippen molar-refractivity contribution in [3.63, 3.8) is 0 Å². The molecule has 2 fully saturated rings. The van der Waals surface area contributed by atoms with E-state index in [0.29, 0.717) is 36.5 Å². The zero-order chi connectivity index (χ0) is 23.5. The highest BCUT2D eigenvalue weighted by Crippen LogP contribution is 2.44. The van der Waals surface area contributed by atoms with Crippen LogP contribution in [0.2, 0.25) is 0 Å². The minimum atomic E-state index is -3.62. The number of pyridine rings is 1. The Labute approximate surface area is 198 Å². The van der Waals surface area contributed by atoms with Gasteiger partial charge in [-0.15, -0.1) is 0 Å². The third-order valence-electron chi connectivity index (χ3n) is 6.76. The van der Waals surface area contributed by atoms with Gasteiger partial charge < -0.3 is 19.3 Å². The maximum atomic E-state index is 13.3. The van der Waals surface area contributed by atoms with E-state index in [1.807, 2.05) is 0 Å². The first kappa shape index (κ1) is 23.2. The lowest BCUT2D eigenvalue weighted by atomic mass is 10.1. The molecule has 10 heteroatoms. The molecule has 1 unspecified atom stereocenters. The summed E-state index contributed by atoms with van der Waals surface area (Å²) >= 11 is 0. The van der Waals surface area contributed by atoms with Gasteiger partial charge in [-0.3, -0.25) is 14.3 Å². The summed E-state index contributed by atoms with van der Waals surface area (Å²) in [6, 6.07) is 11.1. The first-order chi connectivity index (χ1) is 16.5. The van der Waals surface area contributed by atoms with Gasteiger partial charge in [0.25, 0.3) is 13.4 Å². The lowest BCUT2D eigenvalue weighted by Gasteiger charge is -2.41. The maximum absolute atomic E-state index is 13.3. The second-order valence-corrected chi connectivity index (χ2v) is 11.0. The van der Waals surface area contributed by atoms with Gasteiger partial charge in [-0.1, -0.05) is 12.1 Å². The average molecular weight is 484 g/mol. The quantitative estimate of drug-likeness (QED) is 0.517. The van der Waals surface area contributed by atoms with Crippen molar-refractivity contribution in [2.45, 2.75) is 25.4 Å². The van der Waals surface area contributed by atoms with Crippen molar-refractivity contribution in [2.75, 3.05) is 39.4 Å². The number of imidazole rings is 1. The Hall–Kier alpha value is -2.55. The molecule has 180 valence electrons. The fourth-order valence-corrected chi connectivity index (χ4v) is 6.29. The highest BCUT2D eigenvalue weighted by Gasteiger charge is 2.34. The number of carbonyl (C=O) groups excluding carboxylic acids is 1.